The molecule has 11 heteroatoms. The molecular formula is C13H7F3N6OS. The van der Waals surface area contributed by atoms with Crippen LogP contribution in [-0.4, -0.2) is 24.6 Å². The number of aromatic nitrogens is 5. The number of fused-ring (bicyclic) bond motifs is 1. The highest BCUT2D eigenvalue weighted by atomic mass is 32.2. The minimum Gasteiger partial charge on any atom is -0.295 e. The van der Waals surface area contributed by atoms with Gasteiger partial charge in [-0.3, -0.25) is 9.89 Å². The third kappa shape index (κ3) is 3.09. The lowest BCUT2D eigenvalue weighted by Crippen LogP contribution is -2.15. The molecule has 0 radical (unpaired) electrons. The summed E-state index contributed by atoms with van der Waals surface area (Å²) < 4.78 is 39.0. The van der Waals surface area contributed by atoms with Crippen molar-refractivity contribution in [1.82, 2.24) is 24.6 Å². The Bertz CT molecular complexity index is 1000. The van der Waals surface area contributed by atoms with E-state index in [2.05, 4.69) is 20.1 Å². The van der Waals surface area contributed by atoms with Crippen molar-refractivity contribution in [2.45, 2.75) is 17.1 Å². The predicted molar refractivity (Wildman–Crippen MR) is 77.1 cm³/mol. The summed E-state index contributed by atoms with van der Waals surface area (Å²) in [6.45, 7) is 0. The summed E-state index contributed by atoms with van der Waals surface area (Å²) in [6.07, 6.45) is -2.19. The quantitative estimate of drug-likeness (QED) is 0.572. The van der Waals surface area contributed by atoms with Crippen molar-refractivity contribution in [3.63, 3.8) is 0 Å². The highest BCUT2D eigenvalue weighted by Crippen LogP contribution is 2.28. The number of alkyl halides is 3. The molecule has 7 nitrogen and oxygen atoms in total. The first-order chi connectivity index (χ1) is 11.4. The lowest BCUT2D eigenvalue weighted by atomic mass is 10.3. The van der Waals surface area contributed by atoms with Crippen molar-refractivity contribution in [2.24, 2.45) is 0 Å². The molecule has 3 aromatic heterocycles. The van der Waals surface area contributed by atoms with Crippen molar-refractivity contribution in [2.75, 3.05) is 0 Å². The Morgan fingerprint density at radius 3 is 2.88 bits per heavy atom. The van der Waals surface area contributed by atoms with Gasteiger partial charge in [0.2, 0.25) is 0 Å². The van der Waals surface area contributed by atoms with Gasteiger partial charge in [-0.2, -0.15) is 18.4 Å². The molecule has 0 amide bonds. The van der Waals surface area contributed by atoms with E-state index in [1.165, 1.54) is 12.3 Å². The van der Waals surface area contributed by atoms with E-state index >= 15 is 0 Å². The highest BCUT2D eigenvalue weighted by Gasteiger charge is 2.32. The Kier molecular flexibility index (Phi) is 3.98. The Morgan fingerprint density at radius 1 is 1.38 bits per heavy atom. The van der Waals surface area contributed by atoms with Crippen LogP contribution in [0.1, 0.15) is 17.0 Å². The maximum atomic E-state index is 12.6. The number of H-pyrrole nitrogens is 1. The molecule has 0 bridgehead atoms. The van der Waals surface area contributed by atoms with Crippen LogP contribution in [0, 0.1) is 11.3 Å². The Hall–Kier alpha value is -2.87. The first kappa shape index (κ1) is 16.0. The van der Waals surface area contributed by atoms with Crippen molar-refractivity contribution in [1.29, 1.82) is 5.26 Å². The van der Waals surface area contributed by atoms with Crippen molar-refractivity contribution < 1.29 is 13.2 Å². The Labute approximate surface area is 136 Å². The molecule has 3 aromatic rings. The summed E-state index contributed by atoms with van der Waals surface area (Å²) in [5, 5.41) is 11.5. The van der Waals surface area contributed by atoms with Gasteiger partial charge in [0.05, 0.1) is 5.69 Å². The van der Waals surface area contributed by atoms with Crippen LogP contribution in [0.25, 0.3) is 5.65 Å². The fourth-order valence-corrected chi connectivity index (χ4v) is 2.61. The van der Waals surface area contributed by atoms with Gasteiger partial charge < -0.3 is 0 Å². The van der Waals surface area contributed by atoms with Crippen LogP contribution in [-0.2, 0) is 11.9 Å². The minimum absolute atomic E-state index is 0.0820. The Balaban J connectivity index is 1.86. The van der Waals surface area contributed by atoms with Gasteiger partial charge in [0, 0.05) is 24.2 Å². The van der Waals surface area contributed by atoms with Crippen LogP contribution >= 0.6 is 11.8 Å². The van der Waals surface area contributed by atoms with Crippen molar-refractivity contribution in [3.8, 4) is 6.07 Å². The summed E-state index contributed by atoms with van der Waals surface area (Å²) in [6, 6.07) is 3.90. The molecule has 0 aliphatic heterocycles. The molecule has 0 saturated heterocycles. The SMILES string of the molecule is N#Cc1c[nH]n2c(=O)cc(CSc3nccc(C(F)(F)F)n3)nc12. The second kappa shape index (κ2) is 5.97. The lowest BCUT2D eigenvalue weighted by Gasteiger charge is -2.06. The molecule has 1 N–H and O–H groups in total. The van der Waals surface area contributed by atoms with Gasteiger partial charge in [-0.25, -0.2) is 19.5 Å². The van der Waals surface area contributed by atoms with E-state index in [4.69, 9.17) is 5.26 Å². The molecular weight excluding hydrogens is 345 g/mol. The summed E-state index contributed by atoms with van der Waals surface area (Å²) in [5.41, 5.74) is -0.815. The zero-order valence-corrected chi connectivity index (χ0v) is 12.5. The third-order valence-corrected chi connectivity index (χ3v) is 3.84. The molecule has 0 aliphatic carbocycles. The fourth-order valence-electron chi connectivity index (χ4n) is 1.89. The van der Waals surface area contributed by atoms with Crippen LogP contribution in [0.2, 0.25) is 0 Å². The molecule has 0 atom stereocenters. The van der Waals surface area contributed by atoms with Crippen LogP contribution in [0.3, 0.4) is 0 Å². The summed E-state index contributed by atoms with van der Waals surface area (Å²) in [4.78, 5) is 23.3. The van der Waals surface area contributed by atoms with Crippen molar-refractivity contribution >= 4 is 17.4 Å². The predicted octanol–water partition coefficient (Wildman–Crippen LogP) is 2.00. The lowest BCUT2D eigenvalue weighted by molar-refractivity contribution is -0.141. The van der Waals surface area contributed by atoms with Gasteiger partial charge in [-0.1, -0.05) is 11.8 Å². The molecule has 0 spiro atoms. The summed E-state index contributed by atoms with van der Waals surface area (Å²) in [5.74, 6) is 0.0864. The zero-order valence-electron chi connectivity index (χ0n) is 11.7. The standard InChI is InChI=1S/C13H7F3N6OS/c14-13(15,16)9-1-2-18-12(21-9)24-6-8-3-10(23)22-11(20-8)7(4-17)5-19-22/h1-3,5,19H,6H2. The van der Waals surface area contributed by atoms with Crippen molar-refractivity contribution in [3.05, 3.63) is 51.8 Å². The van der Waals surface area contributed by atoms with Gasteiger partial charge in [0.15, 0.2) is 10.8 Å². The zero-order chi connectivity index (χ0) is 17.3. The molecule has 0 fully saturated rings. The molecule has 0 saturated carbocycles. The smallest absolute Gasteiger partial charge is 0.295 e. The first-order valence-corrected chi connectivity index (χ1v) is 7.40. The largest absolute Gasteiger partial charge is 0.433 e. The highest BCUT2D eigenvalue weighted by molar-refractivity contribution is 7.98. The molecule has 0 aromatic carbocycles. The van der Waals surface area contributed by atoms with Crippen LogP contribution < -0.4 is 5.56 Å². The monoisotopic (exact) mass is 352 g/mol. The van der Waals surface area contributed by atoms with E-state index in [1.807, 2.05) is 6.07 Å². The topological polar surface area (TPSA) is 99.7 Å². The van der Waals surface area contributed by atoms with Gasteiger partial charge in [-0.15, -0.1) is 0 Å². The number of nitrogens with zero attached hydrogens (tertiary/aromatic N) is 5. The van der Waals surface area contributed by atoms with Crippen LogP contribution in [0.15, 0.2) is 34.5 Å². The maximum Gasteiger partial charge on any atom is 0.433 e. The second-order valence-electron chi connectivity index (χ2n) is 4.55. The van der Waals surface area contributed by atoms with Crippen LogP contribution in [0.5, 0.6) is 0 Å². The number of hydrogen-bond donors (Lipinski definition) is 1. The average Bonchev–Trinajstić information content (AvgIpc) is 2.96. The number of hydrogen-bond acceptors (Lipinski definition) is 6. The van der Waals surface area contributed by atoms with E-state index < -0.39 is 17.4 Å². The van der Waals surface area contributed by atoms with Crippen LogP contribution in [0.4, 0.5) is 13.2 Å². The van der Waals surface area contributed by atoms with Gasteiger partial charge >= 0.3 is 6.18 Å². The van der Waals surface area contributed by atoms with E-state index in [0.29, 0.717) is 5.69 Å². The summed E-state index contributed by atoms with van der Waals surface area (Å²) >= 11 is 0.911. The minimum atomic E-state index is -4.55. The molecule has 122 valence electrons. The van der Waals surface area contributed by atoms with Gasteiger partial charge in [0.1, 0.15) is 17.3 Å². The number of aromatic amines is 1. The average molecular weight is 352 g/mol. The molecule has 0 unspecified atom stereocenters. The van der Waals surface area contributed by atoms with Gasteiger partial charge in [0.25, 0.3) is 5.56 Å². The normalized spacial score (nSPS) is 11.6. The molecule has 24 heavy (non-hydrogen) atoms. The number of nitriles is 1. The number of thioether (sulfide) groups is 1. The summed E-state index contributed by atoms with van der Waals surface area (Å²) in [7, 11) is 0. The van der Waals surface area contributed by atoms with Gasteiger partial charge in [-0.05, 0) is 6.07 Å². The van der Waals surface area contributed by atoms with E-state index in [9.17, 15) is 18.0 Å². The maximum absolute atomic E-state index is 12.6. The van der Waals surface area contributed by atoms with E-state index in [0.717, 1.165) is 28.5 Å². The second-order valence-corrected chi connectivity index (χ2v) is 5.50. The number of nitrogens with one attached hydrogen (secondary N) is 1. The van der Waals surface area contributed by atoms with E-state index in [1.54, 1.807) is 0 Å². The number of rotatable bonds is 3. The molecule has 3 heterocycles. The fraction of sp³-hybridized carbons (Fsp3) is 0.154. The van der Waals surface area contributed by atoms with E-state index in [-0.39, 0.29) is 22.1 Å². The molecule has 3 rings (SSSR count). The molecule has 0 aliphatic rings. The third-order valence-electron chi connectivity index (χ3n) is 2.94. The number of halogens is 3. The Morgan fingerprint density at radius 2 is 2.17 bits per heavy atom. The first-order valence-electron chi connectivity index (χ1n) is 6.41.